The van der Waals surface area contributed by atoms with E-state index in [4.69, 9.17) is 0 Å². The molecular formula is C16H13N3O. The van der Waals surface area contributed by atoms with E-state index in [1.807, 2.05) is 42.5 Å². The molecule has 0 spiro atoms. The molecule has 0 bridgehead atoms. The summed E-state index contributed by atoms with van der Waals surface area (Å²) >= 11 is 0. The van der Waals surface area contributed by atoms with Gasteiger partial charge in [0.1, 0.15) is 5.75 Å². The summed E-state index contributed by atoms with van der Waals surface area (Å²) in [6.07, 6.45) is 7.42. The molecule has 98 valence electrons. The summed E-state index contributed by atoms with van der Waals surface area (Å²) < 4.78 is 0. The maximum Gasteiger partial charge on any atom is 0.115 e. The number of pyridine rings is 1. The van der Waals surface area contributed by atoms with Gasteiger partial charge in [-0.25, -0.2) is 0 Å². The molecule has 4 heteroatoms. The van der Waals surface area contributed by atoms with Crippen LogP contribution < -0.4 is 0 Å². The highest BCUT2D eigenvalue weighted by molar-refractivity contribution is 5.70. The highest BCUT2D eigenvalue weighted by Crippen LogP contribution is 2.17. The monoisotopic (exact) mass is 263 g/mol. The number of H-pyrrole nitrogens is 1. The van der Waals surface area contributed by atoms with Gasteiger partial charge < -0.3 is 5.11 Å². The number of phenols is 1. The first kappa shape index (κ1) is 12.2. The van der Waals surface area contributed by atoms with Gasteiger partial charge in [0.05, 0.1) is 11.4 Å². The van der Waals surface area contributed by atoms with Crippen LogP contribution in [-0.2, 0) is 0 Å². The molecule has 0 saturated carbocycles. The number of phenolic OH excluding ortho intramolecular Hbond substituents is 1. The summed E-state index contributed by atoms with van der Waals surface area (Å²) in [6, 6.07) is 12.8. The third-order valence-electron chi connectivity index (χ3n) is 2.90. The number of aromatic nitrogens is 3. The van der Waals surface area contributed by atoms with Crippen molar-refractivity contribution in [1.82, 2.24) is 15.2 Å². The van der Waals surface area contributed by atoms with Gasteiger partial charge in [-0.3, -0.25) is 10.1 Å². The minimum absolute atomic E-state index is 0.266. The van der Waals surface area contributed by atoms with Crippen LogP contribution in [0.15, 0.2) is 54.9 Å². The Morgan fingerprint density at radius 3 is 2.65 bits per heavy atom. The van der Waals surface area contributed by atoms with Gasteiger partial charge in [-0.1, -0.05) is 18.2 Å². The first-order valence-electron chi connectivity index (χ1n) is 6.24. The predicted octanol–water partition coefficient (Wildman–Crippen LogP) is 3.35. The van der Waals surface area contributed by atoms with E-state index in [2.05, 4.69) is 15.2 Å². The van der Waals surface area contributed by atoms with E-state index in [0.29, 0.717) is 0 Å². The lowest BCUT2D eigenvalue weighted by atomic mass is 10.1. The van der Waals surface area contributed by atoms with Crippen molar-refractivity contribution in [2.24, 2.45) is 0 Å². The van der Waals surface area contributed by atoms with E-state index in [9.17, 15) is 5.11 Å². The number of nitrogens with zero attached hydrogens (tertiary/aromatic N) is 2. The van der Waals surface area contributed by atoms with Crippen molar-refractivity contribution in [2.75, 3.05) is 0 Å². The lowest BCUT2D eigenvalue weighted by Crippen LogP contribution is -1.78. The van der Waals surface area contributed by atoms with E-state index >= 15 is 0 Å². The summed E-state index contributed by atoms with van der Waals surface area (Å²) in [5.41, 5.74) is 3.77. The summed E-state index contributed by atoms with van der Waals surface area (Å²) in [5.74, 6) is 0.266. The molecule has 0 fully saturated rings. The van der Waals surface area contributed by atoms with Gasteiger partial charge in [0, 0.05) is 18.0 Å². The Balaban J connectivity index is 1.79. The molecule has 2 heterocycles. The average molecular weight is 263 g/mol. The summed E-state index contributed by atoms with van der Waals surface area (Å²) in [7, 11) is 0. The van der Waals surface area contributed by atoms with Gasteiger partial charge in [-0.2, -0.15) is 5.10 Å². The number of hydrogen-bond acceptors (Lipinski definition) is 3. The number of hydrogen-bond donors (Lipinski definition) is 2. The lowest BCUT2D eigenvalue weighted by molar-refractivity contribution is 0.475. The van der Waals surface area contributed by atoms with Gasteiger partial charge in [0.25, 0.3) is 0 Å². The molecule has 20 heavy (non-hydrogen) atoms. The lowest BCUT2D eigenvalue weighted by Gasteiger charge is -1.93. The van der Waals surface area contributed by atoms with Gasteiger partial charge in [-0.05, 0) is 42.0 Å². The van der Waals surface area contributed by atoms with Gasteiger partial charge in [-0.15, -0.1) is 0 Å². The molecular weight excluding hydrogens is 250 g/mol. The second-order valence-corrected chi connectivity index (χ2v) is 4.38. The topological polar surface area (TPSA) is 61.8 Å². The molecule has 0 unspecified atom stereocenters. The van der Waals surface area contributed by atoms with Crippen LogP contribution in [0.1, 0.15) is 11.3 Å². The standard InChI is InChI=1S/C16H13N3O/c20-15-7-4-12(5-8-15)3-6-14-10-16(19-18-14)13-2-1-9-17-11-13/h1-11,20H,(H,18,19). The van der Waals surface area contributed by atoms with Crippen molar-refractivity contribution >= 4 is 12.2 Å². The zero-order chi connectivity index (χ0) is 13.8. The molecule has 0 aliphatic heterocycles. The molecule has 2 N–H and O–H groups in total. The van der Waals surface area contributed by atoms with Gasteiger partial charge >= 0.3 is 0 Å². The van der Waals surface area contributed by atoms with Crippen LogP contribution in [0, 0.1) is 0 Å². The van der Waals surface area contributed by atoms with E-state index in [0.717, 1.165) is 22.5 Å². The molecule has 2 aromatic heterocycles. The highest BCUT2D eigenvalue weighted by atomic mass is 16.3. The van der Waals surface area contributed by atoms with Crippen LogP contribution in [0.25, 0.3) is 23.4 Å². The quantitative estimate of drug-likeness (QED) is 0.761. The van der Waals surface area contributed by atoms with Crippen LogP contribution in [-0.4, -0.2) is 20.3 Å². The number of benzene rings is 1. The maximum absolute atomic E-state index is 9.23. The van der Waals surface area contributed by atoms with Crippen molar-refractivity contribution < 1.29 is 5.11 Å². The maximum atomic E-state index is 9.23. The fraction of sp³-hybridized carbons (Fsp3) is 0. The second kappa shape index (κ2) is 5.40. The normalized spacial score (nSPS) is 11.0. The van der Waals surface area contributed by atoms with Gasteiger partial charge in [0.15, 0.2) is 0 Å². The zero-order valence-corrected chi connectivity index (χ0v) is 10.7. The molecule has 0 aliphatic rings. The van der Waals surface area contributed by atoms with Crippen molar-refractivity contribution in [3.05, 3.63) is 66.1 Å². The predicted molar refractivity (Wildman–Crippen MR) is 78.9 cm³/mol. The fourth-order valence-corrected chi connectivity index (χ4v) is 1.86. The number of nitrogens with one attached hydrogen (secondary N) is 1. The third-order valence-corrected chi connectivity index (χ3v) is 2.90. The Labute approximate surface area is 116 Å². The van der Waals surface area contributed by atoms with Gasteiger partial charge in [0.2, 0.25) is 0 Å². The number of aromatic hydroxyl groups is 1. The van der Waals surface area contributed by atoms with Crippen molar-refractivity contribution in [3.63, 3.8) is 0 Å². The average Bonchev–Trinajstić information content (AvgIpc) is 2.97. The molecule has 0 aliphatic carbocycles. The van der Waals surface area contributed by atoms with Crippen molar-refractivity contribution in [1.29, 1.82) is 0 Å². The molecule has 0 amide bonds. The molecule has 1 aromatic carbocycles. The SMILES string of the molecule is Oc1ccc(C=Cc2cc(-c3cccnc3)n[nH]2)cc1. The molecule has 3 rings (SSSR count). The fourth-order valence-electron chi connectivity index (χ4n) is 1.86. The summed E-state index contributed by atoms with van der Waals surface area (Å²) in [4.78, 5) is 4.08. The summed E-state index contributed by atoms with van der Waals surface area (Å²) in [6.45, 7) is 0. The minimum atomic E-state index is 0.266. The molecule has 0 radical (unpaired) electrons. The highest BCUT2D eigenvalue weighted by Gasteiger charge is 2.01. The Morgan fingerprint density at radius 1 is 1.05 bits per heavy atom. The van der Waals surface area contributed by atoms with Crippen LogP contribution in [0.2, 0.25) is 0 Å². The second-order valence-electron chi connectivity index (χ2n) is 4.38. The third kappa shape index (κ3) is 2.75. The number of rotatable bonds is 3. The molecule has 4 nitrogen and oxygen atoms in total. The number of aromatic amines is 1. The van der Waals surface area contributed by atoms with Crippen LogP contribution in [0.4, 0.5) is 0 Å². The van der Waals surface area contributed by atoms with E-state index in [1.54, 1.807) is 24.5 Å². The Morgan fingerprint density at radius 2 is 1.90 bits per heavy atom. The summed E-state index contributed by atoms with van der Waals surface area (Å²) in [5, 5.41) is 16.5. The molecule has 0 atom stereocenters. The smallest absolute Gasteiger partial charge is 0.115 e. The molecule has 0 saturated heterocycles. The first-order chi connectivity index (χ1) is 9.81. The Bertz CT molecular complexity index is 715. The van der Waals surface area contributed by atoms with Crippen LogP contribution in [0.5, 0.6) is 5.75 Å². The van der Waals surface area contributed by atoms with E-state index in [1.165, 1.54) is 0 Å². The van der Waals surface area contributed by atoms with Crippen LogP contribution in [0.3, 0.4) is 0 Å². The zero-order valence-electron chi connectivity index (χ0n) is 10.7. The van der Waals surface area contributed by atoms with Crippen LogP contribution >= 0.6 is 0 Å². The Hall–Kier alpha value is -2.88. The first-order valence-corrected chi connectivity index (χ1v) is 6.24. The molecule has 3 aromatic rings. The minimum Gasteiger partial charge on any atom is -0.508 e. The Kier molecular flexibility index (Phi) is 3.29. The van der Waals surface area contributed by atoms with Crippen molar-refractivity contribution in [2.45, 2.75) is 0 Å². The van der Waals surface area contributed by atoms with E-state index in [-0.39, 0.29) is 5.75 Å². The van der Waals surface area contributed by atoms with E-state index < -0.39 is 0 Å². The van der Waals surface area contributed by atoms with Crippen molar-refractivity contribution in [3.8, 4) is 17.0 Å². The largest absolute Gasteiger partial charge is 0.508 e.